The highest BCUT2D eigenvalue weighted by Crippen LogP contribution is 2.05. The summed E-state index contributed by atoms with van der Waals surface area (Å²) >= 11 is 0. The molecule has 0 aromatic carbocycles. The van der Waals surface area contributed by atoms with E-state index in [9.17, 15) is 0 Å². The SMILES string of the molecule is Cc1cn(CCC#N)nc1N. The molecule has 0 atom stereocenters. The molecule has 1 aromatic rings. The predicted molar refractivity (Wildman–Crippen MR) is 41.6 cm³/mol. The van der Waals surface area contributed by atoms with Crippen LogP contribution in [0, 0.1) is 18.3 Å². The summed E-state index contributed by atoms with van der Waals surface area (Å²) in [7, 11) is 0. The maximum Gasteiger partial charge on any atom is 0.148 e. The van der Waals surface area contributed by atoms with Crippen molar-refractivity contribution in [2.45, 2.75) is 19.9 Å². The first-order valence-corrected chi connectivity index (χ1v) is 3.40. The lowest BCUT2D eigenvalue weighted by Crippen LogP contribution is -1.98. The number of nitrogens with two attached hydrogens (primary N) is 1. The summed E-state index contributed by atoms with van der Waals surface area (Å²) in [6, 6.07) is 2.04. The van der Waals surface area contributed by atoms with Gasteiger partial charge in [0.15, 0.2) is 0 Å². The van der Waals surface area contributed by atoms with Gasteiger partial charge in [0.2, 0.25) is 0 Å². The number of nitriles is 1. The fourth-order valence-corrected chi connectivity index (χ4v) is 0.815. The van der Waals surface area contributed by atoms with E-state index in [2.05, 4.69) is 5.10 Å². The van der Waals surface area contributed by atoms with Gasteiger partial charge in [0, 0.05) is 11.8 Å². The van der Waals surface area contributed by atoms with E-state index in [1.165, 1.54) is 0 Å². The molecular formula is C7H10N4. The summed E-state index contributed by atoms with van der Waals surface area (Å²) in [5.74, 6) is 0.544. The normalized spacial score (nSPS) is 9.45. The van der Waals surface area contributed by atoms with E-state index in [1.54, 1.807) is 4.68 Å². The second kappa shape index (κ2) is 3.06. The lowest BCUT2D eigenvalue weighted by molar-refractivity contribution is 0.630. The molecule has 0 spiro atoms. The Bertz CT molecular complexity index is 262. The zero-order valence-electron chi connectivity index (χ0n) is 6.41. The third kappa shape index (κ3) is 1.71. The Kier molecular flexibility index (Phi) is 2.12. The maximum atomic E-state index is 8.28. The van der Waals surface area contributed by atoms with Crippen LogP contribution in [0.15, 0.2) is 6.20 Å². The molecule has 0 fully saturated rings. The molecule has 0 amide bonds. The van der Waals surface area contributed by atoms with Crippen LogP contribution in [0.2, 0.25) is 0 Å². The van der Waals surface area contributed by atoms with Crippen LogP contribution in [0.1, 0.15) is 12.0 Å². The summed E-state index contributed by atoms with van der Waals surface area (Å²) in [6.45, 7) is 2.51. The molecule has 0 saturated carbocycles. The zero-order chi connectivity index (χ0) is 8.27. The molecule has 2 N–H and O–H groups in total. The third-order valence-corrected chi connectivity index (χ3v) is 1.44. The van der Waals surface area contributed by atoms with Gasteiger partial charge >= 0.3 is 0 Å². The van der Waals surface area contributed by atoms with Gasteiger partial charge in [0.1, 0.15) is 5.82 Å². The fraction of sp³-hybridized carbons (Fsp3) is 0.429. The Morgan fingerprint density at radius 3 is 3.00 bits per heavy atom. The van der Waals surface area contributed by atoms with Gasteiger partial charge in [0.05, 0.1) is 19.0 Å². The van der Waals surface area contributed by atoms with E-state index < -0.39 is 0 Å². The molecule has 0 unspecified atom stereocenters. The lowest BCUT2D eigenvalue weighted by atomic mass is 10.4. The maximum absolute atomic E-state index is 8.28. The Balaban J connectivity index is 2.67. The molecule has 1 aromatic heterocycles. The quantitative estimate of drug-likeness (QED) is 0.674. The predicted octanol–water partition coefficient (Wildman–Crippen LogP) is 0.687. The molecule has 11 heavy (non-hydrogen) atoms. The van der Waals surface area contributed by atoms with Gasteiger partial charge in [-0.05, 0) is 6.92 Å². The molecule has 1 heterocycles. The summed E-state index contributed by atoms with van der Waals surface area (Å²) in [4.78, 5) is 0. The van der Waals surface area contributed by atoms with Crippen molar-refractivity contribution < 1.29 is 0 Å². The van der Waals surface area contributed by atoms with Gasteiger partial charge in [-0.15, -0.1) is 0 Å². The van der Waals surface area contributed by atoms with Gasteiger partial charge in [-0.1, -0.05) is 0 Å². The van der Waals surface area contributed by atoms with Crippen molar-refractivity contribution >= 4 is 5.82 Å². The Hall–Kier alpha value is -1.50. The molecular weight excluding hydrogens is 140 g/mol. The minimum atomic E-state index is 0.473. The summed E-state index contributed by atoms with van der Waals surface area (Å²) in [6.07, 6.45) is 2.31. The highest BCUT2D eigenvalue weighted by Gasteiger charge is 1.98. The molecule has 0 aliphatic heterocycles. The largest absolute Gasteiger partial charge is 0.382 e. The number of rotatable bonds is 2. The first-order valence-electron chi connectivity index (χ1n) is 3.40. The second-order valence-corrected chi connectivity index (χ2v) is 2.37. The van der Waals surface area contributed by atoms with Crippen LogP contribution in [-0.4, -0.2) is 9.78 Å². The number of nitrogen functional groups attached to an aromatic ring is 1. The summed E-state index contributed by atoms with van der Waals surface area (Å²) < 4.78 is 1.69. The van der Waals surface area contributed by atoms with Gasteiger partial charge in [-0.25, -0.2) is 0 Å². The van der Waals surface area contributed by atoms with Crippen molar-refractivity contribution in [2.75, 3.05) is 5.73 Å². The van der Waals surface area contributed by atoms with E-state index in [1.807, 2.05) is 19.2 Å². The highest BCUT2D eigenvalue weighted by atomic mass is 15.3. The fourth-order valence-electron chi connectivity index (χ4n) is 0.815. The van der Waals surface area contributed by atoms with E-state index >= 15 is 0 Å². The first kappa shape index (κ1) is 7.61. The van der Waals surface area contributed by atoms with Gasteiger partial charge in [-0.2, -0.15) is 10.4 Å². The average Bonchev–Trinajstić information content (AvgIpc) is 2.28. The van der Waals surface area contributed by atoms with E-state index in [0.29, 0.717) is 18.8 Å². The Morgan fingerprint density at radius 2 is 2.55 bits per heavy atom. The van der Waals surface area contributed by atoms with Crippen molar-refractivity contribution in [1.82, 2.24) is 9.78 Å². The van der Waals surface area contributed by atoms with Gasteiger partial charge in [0.25, 0.3) is 0 Å². The Labute approximate surface area is 65.2 Å². The van der Waals surface area contributed by atoms with Crippen molar-refractivity contribution in [3.05, 3.63) is 11.8 Å². The highest BCUT2D eigenvalue weighted by molar-refractivity contribution is 5.35. The molecule has 58 valence electrons. The van der Waals surface area contributed by atoms with Crippen LogP contribution in [-0.2, 0) is 6.54 Å². The average molecular weight is 150 g/mol. The summed E-state index contributed by atoms with van der Waals surface area (Å²) in [5.41, 5.74) is 6.46. The standard InChI is InChI=1S/C7H10N4/c1-6-5-11(4-2-3-8)10-7(6)9/h5H,2,4H2,1H3,(H2,9,10). The third-order valence-electron chi connectivity index (χ3n) is 1.44. The number of nitrogens with zero attached hydrogens (tertiary/aromatic N) is 3. The minimum Gasteiger partial charge on any atom is -0.382 e. The van der Waals surface area contributed by atoms with E-state index in [-0.39, 0.29) is 0 Å². The minimum absolute atomic E-state index is 0.473. The van der Waals surface area contributed by atoms with Crippen molar-refractivity contribution in [1.29, 1.82) is 5.26 Å². The number of anilines is 1. The number of hydrogen-bond donors (Lipinski definition) is 1. The van der Waals surface area contributed by atoms with Crippen LogP contribution in [0.5, 0.6) is 0 Å². The van der Waals surface area contributed by atoms with E-state index in [0.717, 1.165) is 5.56 Å². The molecule has 0 radical (unpaired) electrons. The van der Waals surface area contributed by atoms with E-state index in [4.69, 9.17) is 11.0 Å². The first-order chi connectivity index (χ1) is 5.24. The molecule has 0 bridgehead atoms. The number of hydrogen-bond acceptors (Lipinski definition) is 3. The van der Waals surface area contributed by atoms with Crippen LogP contribution in [0.25, 0.3) is 0 Å². The number of aromatic nitrogens is 2. The van der Waals surface area contributed by atoms with Crippen molar-refractivity contribution in [3.8, 4) is 6.07 Å². The monoisotopic (exact) mass is 150 g/mol. The van der Waals surface area contributed by atoms with Crippen molar-refractivity contribution in [2.24, 2.45) is 0 Å². The van der Waals surface area contributed by atoms with Gasteiger partial charge in [-0.3, -0.25) is 4.68 Å². The van der Waals surface area contributed by atoms with Crippen molar-refractivity contribution in [3.63, 3.8) is 0 Å². The van der Waals surface area contributed by atoms with Crippen LogP contribution < -0.4 is 5.73 Å². The smallest absolute Gasteiger partial charge is 0.148 e. The zero-order valence-corrected chi connectivity index (χ0v) is 6.41. The van der Waals surface area contributed by atoms with Crippen LogP contribution in [0.4, 0.5) is 5.82 Å². The molecule has 4 nitrogen and oxygen atoms in total. The topological polar surface area (TPSA) is 67.6 Å². The molecule has 0 aliphatic carbocycles. The Morgan fingerprint density at radius 1 is 1.82 bits per heavy atom. The number of aryl methyl sites for hydroxylation is 2. The van der Waals surface area contributed by atoms with Crippen LogP contribution in [0.3, 0.4) is 0 Å². The molecule has 4 heteroatoms. The lowest BCUT2D eigenvalue weighted by Gasteiger charge is -1.92. The molecule has 0 aliphatic rings. The molecule has 0 saturated heterocycles. The van der Waals surface area contributed by atoms with Gasteiger partial charge < -0.3 is 5.73 Å². The molecule has 1 rings (SSSR count). The van der Waals surface area contributed by atoms with Crippen LogP contribution >= 0.6 is 0 Å². The second-order valence-electron chi connectivity index (χ2n) is 2.37. The summed E-state index contributed by atoms with van der Waals surface area (Å²) in [5, 5.41) is 12.3.